The summed E-state index contributed by atoms with van der Waals surface area (Å²) in [5, 5.41) is 2.78. The van der Waals surface area contributed by atoms with Gasteiger partial charge in [-0.2, -0.15) is 4.31 Å². The summed E-state index contributed by atoms with van der Waals surface area (Å²) in [5.74, 6) is -0.885. The van der Waals surface area contributed by atoms with E-state index in [0.29, 0.717) is 24.2 Å². The highest BCUT2D eigenvalue weighted by Gasteiger charge is 2.23. The van der Waals surface area contributed by atoms with Gasteiger partial charge in [0, 0.05) is 19.6 Å². The van der Waals surface area contributed by atoms with E-state index in [0.717, 1.165) is 0 Å². The monoisotopic (exact) mass is 412 g/mol. The number of rotatable bonds is 7. The Labute approximate surface area is 164 Å². The number of amides is 1. The van der Waals surface area contributed by atoms with Crippen molar-refractivity contribution in [3.63, 3.8) is 0 Å². The standard InChI is InChI=1S/C19H22ClFN2O3S/c1-4-23(5-2)27(25,26)15-8-9-17(20)16(11-15)19(24)22-12-14-7-6-13(3)18(21)10-14/h6-11H,4-5,12H2,1-3H3,(H,22,24). The third-order valence-corrected chi connectivity index (χ3v) is 6.59. The number of sulfonamides is 1. The number of halogens is 2. The molecule has 146 valence electrons. The molecule has 2 aromatic carbocycles. The smallest absolute Gasteiger partial charge is 0.253 e. The predicted octanol–water partition coefficient (Wildman–Crippen LogP) is 3.75. The predicted molar refractivity (Wildman–Crippen MR) is 104 cm³/mol. The Morgan fingerprint density at radius 1 is 1.15 bits per heavy atom. The molecule has 1 amide bonds. The van der Waals surface area contributed by atoms with E-state index in [4.69, 9.17) is 11.6 Å². The van der Waals surface area contributed by atoms with Gasteiger partial charge in [0.15, 0.2) is 0 Å². The number of hydrogen-bond donors (Lipinski definition) is 1. The highest BCUT2D eigenvalue weighted by atomic mass is 35.5. The molecule has 1 N–H and O–H groups in total. The van der Waals surface area contributed by atoms with Gasteiger partial charge in [0.1, 0.15) is 5.82 Å². The van der Waals surface area contributed by atoms with Crippen molar-refractivity contribution in [3.05, 3.63) is 63.9 Å². The van der Waals surface area contributed by atoms with Crippen LogP contribution in [0.25, 0.3) is 0 Å². The lowest BCUT2D eigenvalue weighted by Gasteiger charge is -2.19. The first kappa shape index (κ1) is 21.3. The molecule has 0 saturated heterocycles. The molecule has 0 heterocycles. The second-order valence-electron chi connectivity index (χ2n) is 6.00. The molecule has 0 radical (unpaired) electrons. The third kappa shape index (κ3) is 4.86. The first-order valence-corrected chi connectivity index (χ1v) is 10.3. The van der Waals surface area contributed by atoms with Gasteiger partial charge >= 0.3 is 0 Å². The van der Waals surface area contributed by atoms with Gasteiger partial charge < -0.3 is 5.32 Å². The number of hydrogen-bond acceptors (Lipinski definition) is 3. The zero-order chi connectivity index (χ0) is 20.2. The molecular formula is C19H22ClFN2O3S. The van der Waals surface area contributed by atoms with Crippen molar-refractivity contribution in [1.29, 1.82) is 0 Å². The number of nitrogens with one attached hydrogen (secondary N) is 1. The Morgan fingerprint density at radius 2 is 1.81 bits per heavy atom. The fourth-order valence-corrected chi connectivity index (χ4v) is 4.26. The van der Waals surface area contributed by atoms with E-state index in [2.05, 4.69) is 5.32 Å². The van der Waals surface area contributed by atoms with E-state index >= 15 is 0 Å². The lowest BCUT2D eigenvalue weighted by atomic mass is 10.1. The lowest BCUT2D eigenvalue weighted by Crippen LogP contribution is -2.31. The second-order valence-corrected chi connectivity index (χ2v) is 8.34. The van der Waals surface area contributed by atoms with Gasteiger partial charge in [-0.05, 0) is 42.3 Å². The minimum Gasteiger partial charge on any atom is -0.348 e. The molecule has 0 atom stereocenters. The van der Waals surface area contributed by atoms with Gasteiger partial charge in [0.25, 0.3) is 5.91 Å². The van der Waals surface area contributed by atoms with Crippen molar-refractivity contribution in [2.45, 2.75) is 32.2 Å². The van der Waals surface area contributed by atoms with Crippen LogP contribution in [0.5, 0.6) is 0 Å². The van der Waals surface area contributed by atoms with Gasteiger partial charge in [-0.1, -0.05) is 37.6 Å². The normalized spacial score (nSPS) is 11.6. The van der Waals surface area contributed by atoms with E-state index in [1.54, 1.807) is 32.9 Å². The third-order valence-electron chi connectivity index (χ3n) is 4.21. The van der Waals surface area contributed by atoms with E-state index in [1.165, 1.54) is 28.6 Å². The summed E-state index contributed by atoms with van der Waals surface area (Å²) >= 11 is 6.09. The topological polar surface area (TPSA) is 66.5 Å². The molecule has 2 aromatic rings. The zero-order valence-corrected chi connectivity index (χ0v) is 17.0. The number of aryl methyl sites for hydroxylation is 1. The average Bonchev–Trinajstić information content (AvgIpc) is 2.63. The molecule has 0 saturated carbocycles. The van der Waals surface area contributed by atoms with E-state index in [-0.39, 0.29) is 27.8 Å². The highest BCUT2D eigenvalue weighted by molar-refractivity contribution is 7.89. The highest BCUT2D eigenvalue weighted by Crippen LogP contribution is 2.23. The molecule has 0 aliphatic heterocycles. The van der Waals surface area contributed by atoms with Crippen LogP contribution in [0.4, 0.5) is 4.39 Å². The molecule has 2 rings (SSSR count). The van der Waals surface area contributed by atoms with E-state index in [9.17, 15) is 17.6 Å². The molecule has 0 aliphatic rings. The van der Waals surface area contributed by atoms with Crippen molar-refractivity contribution in [2.75, 3.05) is 13.1 Å². The van der Waals surface area contributed by atoms with Crippen LogP contribution < -0.4 is 5.32 Å². The molecule has 0 aliphatic carbocycles. The molecule has 8 heteroatoms. The summed E-state index contributed by atoms with van der Waals surface area (Å²) in [7, 11) is -3.71. The number of nitrogens with zero attached hydrogens (tertiary/aromatic N) is 1. The maximum absolute atomic E-state index is 13.6. The molecule has 0 bridgehead atoms. The SMILES string of the molecule is CCN(CC)S(=O)(=O)c1ccc(Cl)c(C(=O)NCc2ccc(C)c(F)c2)c1. The zero-order valence-electron chi connectivity index (χ0n) is 15.4. The minimum atomic E-state index is -3.71. The fraction of sp³-hybridized carbons (Fsp3) is 0.316. The summed E-state index contributed by atoms with van der Waals surface area (Å²) in [6, 6.07) is 8.71. The van der Waals surface area contributed by atoms with Crippen LogP contribution in [-0.4, -0.2) is 31.7 Å². The van der Waals surface area contributed by atoms with Crippen molar-refractivity contribution in [3.8, 4) is 0 Å². The van der Waals surface area contributed by atoms with Crippen LogP contribution in [0, 0.1) is 12.7 Å². The van der Waals surface area contributed by atoms with Crippen molar-refractivity contribution in [1.82, 2.24) is 9.62 Å². The van der Waals surface area contributed by atoms with E-state index in [1.807, 2.05) is 0 Å². The summed E-state index contributed by atoms with van der Waals surface area (Å²) in [6.07, 6.45) is 0. The van der Waals surface area contributed by atoms with Gasteiger partial charge in [-0.15, -0.1) is 0 Å². The van der Waals surface area contributed by atoms with Crippen molar-refractivity contribution >= 4 is 27.5 Å². The second kappa shape index (κ2) is 8.82. The Bertz CT molecular complexity index is 944. The van der Waals surface area contributed by atoms with Crippen molar-refractivity contribution < 1.29 is 17.6 Å². The van der Waals surface area contributed by atoms with Crippen LogP contribution in [0.15, 0.2) is 41.3 Å². The first-order chi connectivity index (χ1) is 12.7. The largest absolute Gasteiger partial charge is 0.348 e. The molecule has 0 aromatic heterocycles. The van der Waals surface area contributed by atoms with Crippen molar-refractivity contribution in [2.24, 2.45) is 0 Å². The molecule has 0 spiro atoms. The molecule has 27 heavy (non-hydrogen) atoms. The minimum absolute atomic E-state index is 0.00197. The number of benzene rings is 2. The van der Waals surface area contributed by atoms with Crippen LogP contribution in [0.2, 0.25) is 5.02 Å². The van der Waals surface area contributed by atoms with Crippen LogP contribution in [0.1, 0.15) is 35.3 Å². The molecule has 0 fully saturated rings. The van der Waals surface area contributed by atoms with Gasteiger partial charge in [-0.3, -0.25) is 4.79 Å². The molecule has 5 nitrogen and oxygen atoms in total. The van der Waals surface area contributed by atoms with Gasteiger partial charge in [0.05, 0.1) is 15.5 Å². The quantitative estimate of drug-likeness (QED) is 0.753. The van der Waals surface area contributed by atoms with Crippen LogP contribution >= 0.6 is 11.6 Å². The molecule has 0 unspecified atom stereocenters. The Balaban J connectivity index is 2.24. The molecular weight excluding hydrogens is 391 g/mol. The van der Waals surface area contributed by atoms with Gasteiger partial charge in [-0.25, -0.2) is 12.8 Å². The maximum Gasteiger partial charge on any atom is 0.253 e. The van der Waals surface area contributed by atoms with E-state index < -0.39 is 15.9 Å². The van der Waals surface area contributed by atoms with Crippen LogP contribution in [-0.2, 0) is 16.6 Å². The summed E-state index contributed by atoms with van der Waals surface area (Å²) in [5.41, 5.74) is 1.16. The Hall–Kier alpha value is -1.96. The Morgan fingerprint density at radius 3 is 2.41 bits per heavy atom. The first-order valence-electron chi connectivity index (χ1n) is 8.53. The fourth-order valence-electron chi connectivity index (χ4n) is 2.58. The summed E-state index contributed by atoms with van der Waals surface area (Å²) in [6.45, 7) is 5.87. The summed E-state index contributed by atoms with van der Waals surface area (Å²) < 4.78 is 40.2. The van der Waals surface area contributed by atoms with Gasteiger partial charge in [0.2, 0.25) is 10.0 Å². The lowest BCUT2D eigenvalue weighted by molar-refractivity contribution is 0.0951. The average molecular weight is 413 g/mol. The Kier molecular flexibility index (Phi) is 6.97. The number of carbonyl (C=O) groups excluding carboxylic acids is 1. The van der Waals surface area contributed by atoms with Crippen LogP contribution in [0.3, 0.4) is 0 Å². The maximum atomic E-state index is 13.6. The summed E-state index contributed by atoms with van der Waals surface area (Å²) in [4.78, 5) is 12.5. The number of carbonyl (C=O) groups is 1.